The van der Waals surface area contributed by atoms with Crippen LogP contribution < -0.4 is 9.86 Å². The average molecular weight is 479 g/mol. The number of sulfonamides is 1. The molecule has 166 valence electrons. The van der Waals surface area contributed by atoms with Gasteiger partial charge in [0.2, 0.25) is 5.56 Å². The Kier molecular flexibility index (Phi) is 5.51. The van der Waals surface area contributed by atoms with Crippen molar-refractivity contribution in [1.29, 1.82) is 0 Å². The molecule has 4 aromatic rings. The van der Waals surface area contributed by atoms with Crippen LogP contribution in [-0.4, -0.2) is 23.0 Å². The van der Waals surface area contributed by atoms with Crippen LogP contribution in [0.15, 0.2) is 58.5 Å². The third-order valence-corrected chi connectivity index (χ3v) is 6.93. The van der Waals surface area contributed by atoms with Crippen molar-refractivity contribution in [3.05, 3.63) is 87.1 Å². The summed E-state index contributed by atoms with van der Waals surface area (Å²) in [5, 5.41) is 0.260. The summed E-state index contributed by atoms with van der Waals surface area (Å²) in [5.74, 6) is -1.87. The molecule has 0 aliphatic carbocycles. The van der Waals surface area contributed by atoms with Crippen molar-refractivity contribution in [3.8, 4) is 0 Å². The smallest absolute Gasteiger partial charge is 0.283 e. The Labute approximate surface area is 186 Å². The maximum absolute atomic E-state index is 14.3. The van der Waals surface area contributed by atoms with Crippen LogP contribution in [0, 0.1) is 18.6 Å². The van der Waals surface area contributed by atoms with E-state index in [0.717, 1.165) is 16.4 Å². The topological polar surface area (TPSA) is 88.1 Å². The molecule has 0 aliphatic rings. The third-order valence-electron chi connectivity index (χ3n) is 5.05. The van der Waals surface area contributed by atoms with Crippen LogP contribution in [0.25, 0.3) is 10.9 Å². The van der Waals surface area contributed by atoms with Crippen molar-refractivity contribution < 1.29 is 17.2 Å². The van der Waals surface area contributed by atoms with Crippen LogP contribution in [0.4, 0.5) is 14.5 Å². The van der Waals surface area contributed by atoms with Gasteiger partial charge in [-0.1, -0.05) is 17.7 Å². The standard InChI is InChI=1S/C21H17ClF2N4O3S/c1-12-25-19(11-27(12)2)32(30,31)28(15-5-3-4-14(22)9-15)10-13-8-18(29)26-21-16(13)6-7-17(23)20(21)24/h3-9,11H,10H2,1-2H3,(H,26,29). The number of aromatic amines is 1. The highest BCUT2D eigenvalue weighted by atomic mass is 35.5. The molecular formula is C21H17ClF2N4O3S. The van der Waals surface area contributed by atoms with Crippen molar-refractivity contribution in [2.45, 2.75) is 18.5 Å². The van der Waals surface area contributed by atoms with Gasteiger partial charge < -0.3 is 9.55 Å². The molecule has 11 heteroatoms. The Bertz CT molecular complexity index is 1500. The first-order valence-corrected chi connectivity index (χ1v) is 11.2. The summed E-state index contributed by atoms with van der Waals surface area (Å²) in [5.41, 5.74) is -0.644. The number of aryl methyl sites for hydroxylation is 2. The van der Waals surface area contributed by atoms with E-state index in [1.165, 1.54) is 24.4 Å². The average Bonchev–Trinajstić information content (AvgIpc) is 3.08. The molecule has 7 nitrogen and oxygen atoms in total. The van der Waals surface area contributed by atoms with Gasteiger partial charge in [-0.3, -0.25) is 9.10 Å². The largest absolute Gasteiger partial charge is 0.337 e. The molecule has 0 fully saturated rings. The zero-order chi connectivity index (χ0) is 23.2. The van der Waals surface area contributed by atoms with E-state index in [1.54, 1.807) is 30.7 Å². The number of halogens is 3. The van der Waals surface area contributed by atoms with Crippen molar-refractivity contribution in [3.63, 3.8) is 0 Å². The lowest BCUT2D eigenvalue weighted by atomic mass is 10.1. The molecular weight excluding hydrogens is 462 g/mol. The summed E-state index contributed by atoms with van der Waals surface area (Å²) in [4.78, 5) is 18.5. The van der Waals surface area contributed by atoms with E-state index in [1.807, 2.05) is 0 Å². The number of benzene rings is 2. The molecule has 1 N–H and O–H groups in total. The molecule has 2 aromatic heterocycles. The van der Waals surface area contributed by atoms with E-state index in [-0.39, 0.29) is 33.7 Å². The van der Waals surface area contributed by atoms with E-state index in [2.05, 4.69) is 9.97 Å². The Balaban J connectivity index is 1.93. The molecule has 0 aliphatic heterocycles. The highest BCUT2D eigenvalue weighted by molar-refractivity contribution is 7.92. The van der Waals surface area contributed by atoms with Crippen LogP contribution in [0.1, 0.15) is 11.4 Å². The first-order chi connectivity index (χ1) is 15.1. The Morgan fingerprint density at radius 3 is 2.59 bits per heavy atom. The molecule has 4 rings (SSSR count). The second-order valence-corrected chi connectivity index (χ2v) is 9.42. The number of pyridine rings is 1. The van der Waals surface area contributed by atoms with Gasteiger partial charge in [0, 0.05) is 29.7 Å². The normalized spacial score (nSPS) is 11.8. The number of nitrogens with one attached hydrogen (secondary N) is 1. The zero-order valence-electron chi connectivity index (χ0n) is 16.9. The lowest BCUT2D eigenvalue weighted by Gasteiger charge is -2.24. The molecule has 0 unspecified atom stereocenters. The second-order valence-electron chi connectivity index (χ2n) is 7.17. The summed E-state index contributed by atoms with van der Waals surface area (Å²) in [7, 11) is -2.55. The molecule has 0 spiro atoms. The Hall–Kier alpha value is -3.24. The van der Waals surface area contributed by atoms with Crippen molar-refractivity contribution in [1.82, 2.24) is 14.5 Å². The fraction of sp³-hybridized carbons (Fsp3) is 0.143. The van der Waals surface area contributed by atoms with E-state index >= 15 is 0 Å². The van der Waals surface area contributed by atoms with Crippen LogP contribution in [-0.2, 0) is 23.6 Å². The fourth-order valence-electron chi connectivity index (χ4n) is 3.33. The summed E-state index contributed by atoms with van der Waals surface area (Å²) >= 11 is 6.09. The number of hydrogen-bond donors (Lipinski definition) is 1. The van der Waals surface area contributed by atoms with E-state index in [4.69, 9.17) is 11.6 Å². The quantitative estimate of drug-likeness (QED) is 0.471. The van der Waals surface area contributed by atoms with Crippen LogP contribution in [0.3, 0.4) is 0 Å². The number of H-pyrrole nitrogens is 1. The molecule has 0 bridgehead atoms. The predicted octanol–water partition coefficient (Wildman–Crippen LogP) is 3.90. The highest BCUT2D eigenvalue weighted by Crippen LogP contribution is 2.30. The molecule has 0 atom stereocenters. The molecule has 0 saturated heterocycles. The van der Waals surface area contributed by atoms with Gasteiger partial charge in [-0.25, -0.2) is 13.8 Å². The van der Waals surface area contributed by atoms with Crippen LogP contribution in [0.2, 0.25) is 5.02 Å². The van der Waals surface area contributed by atoms with Crippen molar-refractivity contribution >= 4 is 38.2 Å². The van der Waals surface area contributed by atoms with Gasteiger partial charge in [-0.2, -0.15) is 8.42 Å². The van der Waals surface area contributed by atoms with Gasteiger partial charge in [0.25, 0.3) is 10.0 Å². The van der Waals surface area contributed by atoms with E-state index in [9.17, 15) is 22.0 Å². The van der Waals surface area contributed by atoms with Crippen LogP contribution >= 0.6 is 11.6 Å². The van der Waals surface area contributed by atoms with Gasteiger partial charge >= 0.3 is 0 Å². The number of nitrogens with zero attached hydrogens (tertiary/aromatic N) is 3. The number of imidazole rings is 1. The van der Waals surface area contributed by atoms with E-state index in [0.29, 0.717) is 10.8 Å². The second kappa shape index (κ2) is 8.03. The molecule has 2 aromatic carbocycles. The maximum atomic E-state index is 14.3. The molecule has 32 heavy (non-hydrogen) atoms. The fourth-order valence-corrected chi connectivity index (χ4v) is 4.98. The maximum Gasteiger partial charge on any atom is 0.283 e. The van der Waals surface area contributed by atoms with Gasteiger partial charge in [0.1, 0.15) is 5.82 Å². The number of fused-ring (bicyclic) bond motifs is 1. The Morgan fingerprint density at radius 2 is 1.94 bits per heavy atom. The minimum atomic E-state index is -4.21. The van der Waals surface area contributed by atoms with Crippen molar-refractivity contribution in [2.75, 3.05) is 4.31 Å². The number of hydrogen-bond acceptors (Lipinski definition) is 4. The summed E-state index contributed by atoms with van der Waals surface area (Å²) in [6, 6.07) is 9.50. The third kappa shape index (κ3) is 3.87. The summed E-state index contributed by atoms with van der Waals surface area (Å²) < 4.78 is 57.7. The number of anilines is 1. The first kappa shape index (κ1) is 22.0. The Morgan fingerprint density at radius 1 is 1.19 bits per heavy atom. The van der Waals surface area contributed by atoms with Gasteiger partial charge in [-0.15, -0.1) is 0 Å². The number of rotatable bonds is 5. The predicted molar refractivity (Wildman–Crippen MR) is 117 cm³/mol. The molecule has 0 amide bonds. The SMILES string of the molecule is Cc1nc(S(=O)(=O)N(Cc2cc(=O)[nH]c3c(F)c(F)ccc23)c2cccc(Cl)c2)cn1C. The minimum absolute atomic E-state index is 0.169. The van der Waals surface area contributed by atoms with Gasteiger partial charge in [0.15, 0.2) is 16.7 Å². The van der Waals surface area contributed by atoms with E-state index < -0.39 is 27.2 Å². The summed E-state index contributed by atoms with van der Waals surface area (Å²) in [6.45, 7) is 1.31. The highest BCUT2D eigenvalue weighted by Gasteiger charge is 2.29. The van der Waals surface area contributed by atoms with Crippen LogP contribution in [0.5, 0.6) is 0 Å². The molecule has 0 saturated carbocycles. The number of aromatic nitrogens is 3. The van der Waals surface area contributed by atoms with Gasteiger partial charge in [0.05, 0.1) is 17.7 Å². The minimum Gasteiger partial charge on any atom is -0.337 e. The molecule has 2 heterocycles. The lowest BCUT2D eigenvalue weighted by molar-refractivity contribution is 0.515. The first-order valence-electron chi connectivity index (χ1n) is 9.36. The monoisotopic (exact) mass is 478 g/mol. The van der Waals surface area contributed by atoms with Crippen molar-refractivity contribution in [2.24, 2.45) is 7.05 Å². The summed E-state index contributed by atoms with van der Waals surface area (Å²) in [6.07, 6.45) is 1.37. The molecule has 0 radical (unpaired) electrons. The van der Waals surface area contributed by atoms with Gasteiger partial charge in [-0.05, 0) is 42.8 Å². The lowest BCUT2D eigenvalue weighted by Crippen LogP contribution is -2.31. The zero-order valence-corrected chi connectivity index (χ0v) is 18.5.